The zero-order valence-corrected chi connectivity index (χ0v) is 49.0. The summed E-state index contributed by atoms with van der Waals surface area (Å²) in [5.41, 5.74) is 10.2. The smallest absolute Gasteiger partial charge is 0.455 e. The van der Waals surface area contributed by atoms with Gasteiger partial charge in [-0.25, -0.2) is 0 Å². The number of fused-ring (bicyclic) bond motifs is 12. The Bertz CT molecular complexity index is 6610. The molecule has 18 aromatic rings. The Morgan fingerprint density at radius 3 is 1.02 bits per heavy atom. The number of furan rings is 2. The number of hydrogen-bond acceptors (Lipinski definition) is 4. The van der Waals surface area contributed by atoms with E-state index in [4.69, 9.17) is 25.3 Å². The summed E-state index contributed by atoms with van der Waals surface area (Å²) >= 11 is 3.43. The second-order valence-electron chi connectivity index (χ2n) is 21.6. The van der Waals surface area contributed by atoms with Gasteiger partial charge < -0.3 is 18.9 Å². The molecule has 424 valence electrons. The van der Waals surface area contributed by atoms with Gasteiger partial charge >= 0.3 is 7.12 Å². The molecule has 0 bridgehead atoms. The number of halogens is 1. The van der Waals surface area contributed by atoms with E-state index in [2.05, 4.69) is 28.1 Å². The van der Waals surface area contributed by atoms with Gasteiger partial charge in [0.05, 0.1) is 21.9 Å². The molecule has 4 nitrogen and oxygen atoms in total. The first-order chi connectivity index (χ1) is 51.1. The molecule has 2 N–H and O–H groups in total. The van der Waals surface area contributed by atoms with E-state index in [0.29, 0.717) is 38.8 Å². The average Bonchev–Trinajstić information content (AvgIpc) is 0.944. The fraction of sp³-hybridized carbons (Fsp3) is 0. The minimum atomic E-state index is -1.45. The fourth-order valence-electron chi connectivity index (χ4n) is 12.5. The van der Waals surface area contributed by atoms with E-state index >= 15 is 0 Å². The van der Waals surface area contributed by atoms with Crippen LogP contribution >= 0.6 is 15.9 Å². The maximum absolute atomic E-state index is 9.26. The molecule has 0 amide bonds. The van der Waals surface area contributed by atoms with Crippen LogP contribution in [0, 0.1) is 0 Å². The predicted molar refractivity (Wildman–Crippen MR) is 384 cm³/mol. The molecular formula is C84H54BBrO4. The largest absolute Gasteiger partial charge is 0.488 e. The Morgan fingerprint density at radius 1 is 0.278 bits per heavy atom. The van der Waals surface area contributed by atoms with Gasteiger partial charge in [-0.05, 0) is 143 Å². The van der Waals surface area contributed by atoms with Crippen molar-refractivity contribution >= 4 is 137 Å². The van der Waals surface area contributed by atoms with Gasteiger partial charge in [0.2, 0.25) is 0 Å². The molecule has 0 saturated heterocycles. The van der Waals surface area contributed by atoms with Crippen LogP contribution in [0.4, 0.5) is 0 Å². The Morgan fingerprint density at radius 2 is 0.589 bits per heavy atom. The third-order valence-corrected chi connectivity index (χ3v) is 17.4. The highest BCUT2D eigenvalue weighted by molar-refractivity contribution is 9.10. The lowest BCUT2D eigenvalue weighted by Crippen LogP contribution is -2.29. The van der Waals surface area contributed by atoms with Gasteiger partial charge in [0.15, 0.2) is 0 Å². The van der Waals surface area contributed by atoms with Crippen molar-refractivity contribution in [2.24, 2.45) is 0 Å². The summed E-state index contributed by atoms with van der Waals surface area (Å²) in [6, 6.07) is 63.4. The lowest BCUT2D eigenvalue weighted by Gasteiger charge is -2.19. The van der Waals surface area contributed by atoms with E-state index in [0.717, 1.165) is 87.7 Å². The molecule has 0 aliphatic rings. The summed E-state index contributed by atoms with van der Waals surface area (Å²) < 4.78 is 152. The van der Waals surface area contributed by atoms with E-state index in [1.165, 1.54) is 0 Å². The molecule has 90 heavy (non-hydrogen) atoms. The van der Waals surface area contributed by atoms with Crippen molar-refractivity contribution in [3.63, 3.8) is 0 Å². The second-order valence-corrected chi connectivity index (χ2v) is 22.4. The van der Waals surface area contributed by atoms with Crippen molar-refractivity contribution in [2.75, 3.05) is 0 Å². The molecule has 0 fully saturated rings. The minimum Gasteiger partial charge on any atom is -0.455 e. The zero-order valence-electron chi connectivity index (χ0n) is 63.5. The molecular weight excluding hydrogens is 1160 g/mol. The van der Waals surface area contributed by atoms with Crippen LogP contribution in [0.5, 0.6) is 0 Å². The van der Waals surface area contributed by atoms with Gasteiger partial charge in [0.25, 0.3) is 0 Å². The van der Waals surface area contributed by atoms with Gasteiger partial charge in [0.1, 0.15) is 22.3 Å². The summed E-state index contributed by atoms with van der Waals surface area (Å²) in [6.45, 7) is 0. The van der Waals surface area contributed by atoms with Gasteiger partial charge in [-0.15, -0.1) is 0 Å². The quantitative estimate of drug-likeness (QED) is 0.129. The zero-order chi connectivity index (χ0) is 74.2. The van der Waals surface area contributed by atoms with Gasteiger partial charge in [-0.2, -0.15) is 0 Å². The van der Waals surface area contributed by atoms with Crippen LogP contribution in [0.3, 0.4) is 0 Å². The van der Waals surface area contributed by atoms with Gasteiger partial charge in [-0.1, -0.05) is 303 Å². The normalized spacial score (nSPS) is 14.0. The predicted octanol–water partition coefficient (Wildman–Crippen LogP) is 22.6. The first kappa shape index (κ1) is 39.8. The summed E-state index contributed by atoms with van der Waals surface area (Å²) in [4.78, 5) is 0. The highest BCUT2D eigenvalue weighted by atomic mass is 79.9. The van der Waals surface area contributed by atoms with Crippen LogP contribution in [0.2, 0.25) is 0 Å². The van der Waals surface area contributed by atoms with Crippen LogP contribution in [0.25, 0.3) is 164 Å². The van der Waals surface area contributed by atoms with Gasteiger partial charge in [-0.3, -0.25) is 0 Å². The molecule has 0 aliphatic heterocycles. The maximum atomic E-state index is 9.26. The topological polar surface area (TPSA) is 66.7 Å². The first-order valence-corrected chi connectivity index (χ1v) is 29.8. The average molecular weight is 1230 g/mol. The number of rotatable bonds is 6. The molecule has 0 saturated carbocycles. The van der Waals surface area contributed by atoms with Crippen molar-refractivity contribution in [1.29, 1.82) is 0 Å². The highest BCUT2D eigenvalue weighted by Gasteiger charge is 2.21. The van der Waals surface area contributed by atoms with E-state index in [9.17, 15) is 15.5 Å². The molecule has 0 radical (unpaired) electrons. The molecule has 6 heteroatoms. The minimum absolute atomic E-state index is 0.182. The summed E-state index contributed by atoms with van der Waals surface area (Å²) in [5.74, 6) is 0. The van der Waals surface area contributed by atoms with E-state index in [1.807, 2.05) is 194 Å². The lowest BCUT2D eigenvalue weighted by molar-refractivity contribution is 0.426. The maximum Gasteiger partial charge on any atom is 0.488 e. The van der Waals surface area contributed by atoms with Crippen molar-refractivity contribution in [2.45, 2.75) is 0 Å². The van der Waals surface area contributed by atoms with Crippen molar-refractivity contribution < 1.29 is 40.8 Å². The van der Waals surface area contributed by atoms with E-state index in [1.54, 1.807) is 12.1 Å². The molecule has 0 aliphatic carbocycles. The summed E-state index contributed by atoms with van der Waals surface area (Å²) in [5, 5.41) is 27.5. The Hall–Kier alpha value is -10.9. The molecule has 2 heterocycles. The Labute approximate surface area is 550 Å². The van der Waals surface area contributed by atoms with Crippen LogP contribution in [-0.2, 0) is 0 Å². The molecule has 2 aromatic heterocycles. The van der Waals surface area contributed by atoms with Crippen molar-refractivity contribution in [3.05, 3.63) is 320 Å². The van der Waals surface area contributed by atoms with Crippen molar-refractivity contribution in [1.82, 2.24) is 0 Å². The third-order valence-electron chi connectivity index (χ3n) is 16.6. The van der Waals surface area contributed by atoms with E-state index < -0.39 is 55.5 Å². The second kappa shape index (κ2) is 23.0. The number of benzene rings is 16. The molecule has 0 spiro atoms. The molecule has 16 aromatic carbocycles. The molecule has 18 rings (SSSR count). The monoisotopic (exact) mass is 1230 g/mol. The van der Waals surface area contributed by atoms with Crippen LogP contribution in [-0.4, -0.2) is 17.2 Å². The van der Waals surface area contributed by atoms with Crippen LogP contribution < -0.4 is 5.46 Å². The Kier molecular flexibility index (Phi) is 10.2. The summed E-state index contributed by atoms with van der Waals surface area (Å²) in [6.07, 6.45) is 0. The summed E-state index contributed by atoms with van der Waals surface area (Å²) in [7, 11) is -1.45. The van der Waals surface area contributed by atoms with Crippen molar-refractivity contribution in [3.8, 4) is 55.6 Å². The van der Waals surface area contributed by atoms with Crippen LogP contribution in [0.15, 0.2) is 328 Å². The fourth-order valence-corrected chi connectivity index (χ4v) is 13.1. The highest BCUT2D eigenvalue weighted by Crippen LogP contribution is 2.47. The van der Waals surface area contributed by atoms with Gasteiger partial charge in [0, 0.05) is 37.1 Å². The first-order valence-electron chi connectivity index (χ1n) is 37.0. The Balaban J connectivity index is 0.000000134. The van der Waals surface area contributed by atoms with Crippen LogP contribution in [0.1, 0.15) is 21.9 Å². The van der Waals surface area contributed by atoms with E-state index in [-0.39, 0.29) is 95.9 Å². The third kappa shape index (κ3) is 9.49. The SMILES string of the molecule is OB(O)c1ccc(-c2cccc3c2oc2ccccc23)cc1.[2H]c1c([2H])c([2H])c2c(-c3cccc4ccccc34)c3c([2H])c([2H])c([2H])c([2H])c3c(-c3ccc(-c4cccc5c4oc4ccccc45)cc3)c2c1[2H].[2H]c1c([2H])c([2H])c2c(-c3cccc4ccccc34)c3c([2H])c([2H])c([2H])c([2H])c3c(Br)c2c1[2H]. The molecule has 0 unspecified atom stereocenters. The molecule has 0 atom stereocenters. The number of para-hydroxylation sites is 4. The standard InChI is InChI=1S/C42H26O.C24H15Br.C18H13BO3/c1-2-13-30-27(11-1)12-9-20-33(30)41-36-17-5-3-15-34(36)40(35-16-4-6-18-37(35)41)29-25-23-28(24-26-29)31-19-10-21-38-32-14-7-8-22-39(32)43-42(31)38;25-24-21-13-5-3-11-19(21)23(20-12-4-6-14-22(20)24)18-15-7-9-16-8-1-2-10-17(16)18;20-19(21)13-10-8-12(9-11-13)14-5-3-6-16-15-4-1-2-7-17(15)22-18(14)16/h1-26H;1-15H;1-11,20-21H/i3D,4D,5D,6D,15D,16D,17D,18D;3D,4D,5D,6D,11D,12D,13D,14D;. The number of hydrogen-bond donors (Lipinski definition) is 2. The lowest BCUT2D eigenvalue weighted by atomic mass is 9.80.